The molecule has 23 heavy (non-hydrogen) atoms. The summed E-state index contributed by atoms with van der Waals surface area (Å²) >= 11 is 0. The van der Waals surface area contributed by atoms with Crippen molar-refractivity contribution >= 4 is 0 Å². The molecule has 120 valence electrons. The van der Waals surface area contributed by atoms with Gasteiger partial charge in [-0.2, -0.15) is 0 Å². The first-order valence-corrected chi connectivity index (χ1v) is 7.58. The molecule has 1 fully saturated rings. The first-order chi connectivity index (χ1) is 11.2. The normalized spacial score (nSPS) is 12.7. The van der Waals surface area contributed by atoms with E-state index < -0.39 is 0 Å². The van der Waals surface area contributed by atoms with Crippen LogP contribution in [0.15, 0.2) is 48.0 Å². The van der Waals surface area contributed by atoms with E-state index in [-0.39, 0.29) is 5.75 Å². The lowest BCUT2D eigenvalue weighted by molar-refractivity contribution is 0.357. The van der Waals surface area contributed by atoms with Crippen molar-refractivity contribution in [2.24, 2.45) is 0 Å². The number of benzene rings is 2. The maximum absolute atomic E-state index is 10.3. The summed E-state index contributed by atoms with van der Waals surface area (Å²) in [5.74, 6) is 1.97. The maximum Gasteiger partial charge on any atom is 0.131 e. The number of rotatable bonds is 6. The van der Waals surface area contributed by atoms with Gasteiger partial charge in [-0.3, -0.25) is 0 Å². The first-order valence-electron chi connectivity index (χ1n) is 7.58. The molecule has 1 N–H and O–H groups in total. The number of ether oxygens (including phenoxy) is 3. The highest BCUT2D eigenvalue weighted by Gasteiger charge is 2.20. The molecule has 1 aliphatic rings. The molecule has 4 heteroatoms. The van der Waals surface area contributed by atoms with Gasteiger partial charge in [-0.1, -0.05) is 17.7 Å². The van der Waals surface area contributed by atoms with Gasteiger partial charge in [0.05, 0.1) is 25.3 Å². The van der Waals surface area contributed by atoms with E-state index in [9.17, 15) is 5.11 Å². The Morgan fingerprint density at radius 2 is 1.52 bits per heavy atom. The van der Waals surface area contributed by atoms with Crippen LogP contribution in [0.5, 0.6) is 23.0 Å². The molecule has 0 radical (unpaired) electrons. The molecule has 1 saturated carbocycles. The van der Waals surface area contributed by atoms with Crippen molar-refractivity contribution in [3.8, 4) is 34.1 Å². The van der Waals surface area contributed by atoms with Crippen molar-refractivity contribution in [2.45, 2.75) is 12.8 Å². The number of aromatic hydroxyl groups is 1. The molecular formula is C19H20O4. The number of allylic oxidation sites excluding steroid dienone is 1. The molecule has 2 aromatic rings. The zero-order chi connectivity index (χ0) is 16.2. The van der Waals surface area contributed by atoms with Crippen LogP contribution in [0.1, 0.15) is 12.8 Å². The number of methoxy groups -OCH3 is 2. The number of hydrogen-bond acceptors (Lipinski definition) is 4. The first kappa shape index (κ1) is 15.3. The summed E-state index contributed by atoms with van der Waals surface area (Å²) in [6, 6.07) is 10.7. The molecule has 4 nitrogen and oxygen atoms in total. The Hall–Kier alpha value is -2.62. The molecule has 0 heterocycles. The van der Waals surface area contributed by atoms with Crippen LogP contribution in [0, 0.1) is 0 Å². The molecule has 0 saturated heterocycles. The fourth-order valence-electron chi connectivity index (χ4n) is 2.51. The topological polar surface area (TPSA) is 47.9 Å². The van der Waals surface area contributed by atoms with E-state index in [2.05, 4.69) is 6.08 Å². The Labute approximate surface area is 135 Å². The summed E-state index contributed by atoms with van der Waals surface area (Å²) in [7, 11) is 3.17. The van der Waals surface area contributed by atoms with E-state index in [1.54, 1.807) is 32.4 Å². The fraction of sp³-hybridized carbons (Fsp3) is 0.263. The highest BCUT2D eigenvalue weighted by molar-refractivity contribution is 5.85. The summed E-state index contributed by atoms with van der Waals surface area (Å²) in [5, 5.41) is 10.3. The second-order valence-electron chi connectivity index (χ2n) is 5.36. The lowest BCUT2D eigenvalue weighted by atomic mass is 10.0. The fourth-order valence-corrected chi connectivity index (χ4v) is 2.51. The second kappa shape index (κ2) is 6.65. The Kier molecular flexibility index (Phi) is 4.42. The maximum atomic E-state index is 10.3. The van der Waals surface area contributed by atoms with E-state index in [4.69, 9.17) is 14.2 Å². The molecule has 1 aliphatic carbocycles. The molecule has 0 atom stereocenters. The molecule has 0 bridgehead atoms. The van der Waals surface area contributed by atoms with Gasteiger partial charge in [0.15, 0.2) is 0 Å². The van der Waals surface area contributed by atoms with Gasteiger partial charge < -0.3 is 19.3 Å². The standard InChI is InChI=1S/C19H20O4/c1-21-15-6-3-5-14(20)18(15)19-16(22-2)7-4-8-17(19)23-12-11-13-9-10-13/h3-8,11,20H,9-10,12H2,1-2H3. The highest BCUT2D eigenvalue weighted by atomic mass is 16.5. The average molecular weight is 312 g/mol. The summed E-state index contributed by atoms with van der Waals surface area (Å²) in [6.07, 6.45) is 4.44. The molecule has 3 rings (SSSR count). The molecule has 0 aromatic heterocycles. The van der Waals surface area contributed by atoms with Gasteiger partial charge in [0.1, 0.15) is 29.6 Å². The predicted molar refractivity (Wildman–Crippen MR) is 89.5 cm³/mol. The van der Waals surface area contributed by atoms with Gasteiger partial charge >= 0.3 is 0 Å². The predicted octanol–water partition coefficient (Wildman–Crippen LogP) is 4.18. The number of hydrogen-bond donors (Lipinski definition) is 1. The van der Waals surface area contributed by atoms with Crippen LogP contribution in [-0.4, -0.2) is 25.9 Å². The molecule has 0 unspecified atom stereocenters. The van der Waals surface area contributed by atoms with Crippen LogP contribution in [0.25, 0.3) is 11.1 Å². The van der Waals surface area contributed by atoms with Gasteiger partial charge in [0, 0.05) is 0 Å². The Morgan fingerprint density at radius 3 is 2.17 bits per heavy atom. The van der Waals surface area contributed by atoms with Crippen molar-refractivity contribution in [3.05, 3.63) is 48.0 Å². The van der Waals surface area contributed by atoms with Gasteiger partial charge in [-0.05, 0) is 43.2 Å². The number of phenolic OH excluding ortho intramolecular Hbond substituents is 1. The van der Waals surface area contributed by atoms with Crippen molar-refractivity contribution in [1.82, 2.24) is 0 Å². The SMILES string of the molecule is COc1cccc(O)c1-c1c(OC)cccc1OCC=C1CC1. The van der Waals surface area contributed by atoms with Crippen LogP contribution in [0.2, 0.25) is 0 Å². The van der Waals surface area contributed by atoms with Gasteiger partial charge in [0.2, 0.25) is 0 Å². The Bertz CT molecular complexity index is 728. The minimum Gasteiger partial charge on any atom is -0.507 e. The average Bonchev–Trinajstić information content (AvgIpc) is 3.39. The van der Waals surface area contributed by atoms with E-state index in [1.807, 2.05) is 18.2 Å². The van der Waals surface area contributed by atoms with Gasteiger partial charge in [0.25, 0.3) is 0 Å². The van der Waals surface area contributed by atoms with Crippen LogP contribution in [0.4, 0.5) is 0 Å². The van der Waals surface area contributed by atoms with Crippen molar-refractivity contribution in [1.29, 1.82) is 0 Å². The minimum atomic E-state index is 0.124. The van der Waals surface area contributed by atoms with Crippen molar-refractivity contribution in [3.63, 3.8) is 0 Å². The lowest BCUT2D eigenvalue weighted by Gasteiger charge is -2.17. The van der Waals surface area contributed by atoms with Crippen LogP contribution >= 0.6 is 0 Å². The smallest absolute Gasteiger partial charge is 0.131 e. The molecule has 0 aliphatic heterocycles. The zero-order valence-electron chi connectivity index (χ0n) is 13.3. The third kappa shape index (κ3) is 3.26. The molecule has 0 spiro atoms. The summed E-state index contributed by atoms with van der Waals surface area (Å²) in [4.78, 5) is 0. The summed E-state index contributed by atoms with van der Waals surface area (Å²) < 4.78 is 16.8. The van der Waals surface area contributed by atoms with Crippen LogP contribution in [-0.2, 0) is 0 Å². The van der Waals surface area contributed by atoms with Crippen molar-refractivity contribution < 1.29 is 19.3 Å². The zero-order valence-corrected chi connectivity index (χ0v) is 13.3. The second-order valence-corrected chi connectivity index (χ2v) is 5.36. The minimum absolute atomic E-state index is 0.124. The molecule has 0 amide bonds. The van der Waals surface area contributed by atoms with Crippen LogP contribution < -0.4 is 14.2 Å². The van der Waals surface area contributed by atoms with E-state index >= 15 is 0 Å². The third-order valence-corrected chi connectivity index (χ3v) is 3.83. The molecule has 2 aromatic carbocycles. The molecular weight excluding hydrogens is 292 g/mol. The highest BCUT2D eigenvalue weighted by Crippen LogP contribution is 2.47. The quantitative estimate of drug-likeness (QED) is 0.813. The van der Waals surface area contributed by atoms with E-state index in [1.165, 1.54) is 18.4 Å². The third-order valence-electron chi connectivity index (χ3n) is 3.83. The van der Waals surface area contributed by atoms with Gasteiger partial charge in [-0.25, -0.2) is 0 Å². The Balaban J connectivity index is 2.07. The summed E-state index contributed by atoms with van der Waals surface area (Å²) in [6.45, 7) is 0.505. The largest absolute Gasteiger partial charge is 0.507 e. The van der Waals surface area contributed by atoms with E-state index in [0.717, 1.165) is 0 Å². The van der Waals surface area contributed by atoms with Gasteiger partial charge in [-0.15, -0.1) is 0 Å². The number of phenols is 1. The monoisotopic (exact) mass is 312 g/mol. The van der Waals surface area contributed by atoms with E-state index in [0.29, 0.717) is 35.0 Å². The van der Waals surface area contributed by atoms with Crippen LogP contribution in [0.3, 0.4) is 0 Å². The summed E-state index contributed by atoms with van der Waals surface area (Å²) in [5.41, 5.74) is 2.69. The Morgan fingerprint density at radius 1 is 0.913 bits per heavy atom. The van der Waals surface area contributed by atoms with Crippen molar-refractivity contribution in [2.75, 3.05) is 20.8 Å². The lowest BCUT2D eigenvalue weighted by Crippen LogP contribution is -1.99.